The number of nitrogens with one attached hydrogen (secondary N) is 1. The summed E-state index contributed by atoms with van der Waals surface area (Å²) < 4.78 is 19.7. The Hall–Kier alpha value is -2.71. The summed E-state index contributed by atoms with van der Waals surface area (Å²) in [6.07, 6.45) is 1.25. The maximum absolute atomic E-state index is 14.2. The maximum atomic E-state index is 14.2. The van der Waals surface area contributed by atoms with Gasteiger partial charge in [0.25, 0.3) is 0 Å². The lowest BCUT2D eigenvalue weighted by Gasteiger charge is -2.13. The predicted molar refractivity (Wildman–Crippen MR) is 97.1 cm³/mol. The van der Waals surface area contributed by atoms with Crippen molar-refractivity contribution in [3.8, 4) is 5.75 Å². The van der Waals surface area contributed by atoms with Gasteiger partial charge in [-0.3, -0.25) is 10.1 Å². The van der Waals surface area contributed by atoms with Crippen molar-refractivity contribution < 1.29 is 14.1 Å². The van der Waals surface area contributed by atoms with Gasteiger partial charge in [0, 0.05) is 6.07 Å². The first kappa shape index (κ1) is 18.1. The van der Waals surface area contributed by atoms with Crippen molar-refractivity contribution >= 4 is 51.3 Å². The number of hydrogen-bond donors (Lipinski definition) is 1. The zero-order valence-electron chi connectivity index (χ0n) is 13.1. The third-order valence-corrected chi connectivity index (χ3v) is 3.91. The number of rotatable bonds is 6. The second kappa shape index (κ2) is 7.67. The Morgan fingerprint density at radius 3 is 2.81 bits per heavy atom. The Morgan fingerprint density at radius 1 is 1.27 bits per heavy atom. The minimum atomic E-state index is -0.672. The van der Waals surface area contributed by atoms with Gasteiger partial charge < -0.3 is 10.1 Å². The number of nitrogens with zero attached hydrogens (tertiary/aromatic N) is 3. The van der Waals surface area contributed by atoms with Crippen molar-refractivity contribution in [1.82, 2.24) is 9.97 Å². The second-order valence-corrected chi connectivity index (χ2v) is 5.84. The van der Waals surface area contributed by atoms with Crippen molar-refractivity contribution in [1.29, 1.82) is 0 Å². The van der Waals surface area contributed by atoms with Crippen LogP contribution in [0.1, 0.15) is 0 Å². The van der Waals surface area contributed by atoms with E-state index in [0.29, 0.717) is 5.52 Å². The first-order valence-corrected chi connectivity index (χ1v) is 8.26. The highest BCUT2D eigenvalue weighted by molar-refractivity contribution is 6.31. The lowest BCUT2D eigenvalue weighted by atomic mass is 10.1. The molecule has 10 heteroatoms. The molecule has 0 saturated heterocycles. The van der Waals surface area contributed by atoms with Gasteiger partial charge in [-0.2, -0.15) is 0 Å². The molecule has 1 aromatic heterocycles. The van der Waals surface area contributed by atoms with Crippen LogP contribution in [0.15, 0.2) is 36.7 Å². The van der Waals surface area contributed by atoms with E-state index in [2.05, 4.69) is 15.3 Å². The Balaban J connectivity index is 2.20. The van der Waals surface area contributed by atoms with E-state index in [1.54, 1.807) is 6.07 Å². The molecule has 0 amide bonds. The van der Waals surface area contributed by atoms with Crippen LogP contribution in [-0.4, -0.2) is 27.4 Å². The number of hydrogen-bond acceptors (Lipinski definition) is 6. The Morgan fingerprint density at radius 2 is 2.08 bits per heavy atom. The molecule has 0 atom stereocenters. The summed E-state index contributed by atoms with van der Waals surface area (Å²) in [4.78, 5) is 18.9. The van der Waals surface area contributed by atoms with Crippen LogP contribution < -0.4 is 10.1 Å². The highest BCUT2D eigenvalue weighted by Crippen LogP contribution is 2.39. The summed E-state index contributed by atoms with van der Waals surface area (Å²) in [6, 6.07) is 7.17. The van der Waals surface area contributed by atoms with Crippen LogP contribution in [0, 0.1) is 15.9 Å². The highest BCUT2D eigenvalue weighted by atomic mass is 35.5. The van der Waals surface area contributed by atoms with E-state index in [1.165, 1.54) is 30.6 Å². The average molecular weight is 397 g/mol. The summed E-state index contributed by atoms with van der Waals surface area (Å²) in [7, 11) is 0. The molecule has 0 spiro atoms. The van der Waals surface area contributed by atoms with Crippen molar-refractivity contribution in [2.24, 2.45) is 0 Å². The molecule has 1 N–H and O–H groups in total. The Bertz CT molecular complexity index is 987. The Kier molecular flexibility index (Phi) is 5.34. The molecule has 3 aromatic rings. The molecule has 0 unspecified atom stereocenters. The molecule has 0 aliphatic heterocycles. The van der Waals surface area contributed by atoms with Gasteiger partial charge in [0.15, 0.2) is 5.82 Å². The molecular weight excluding hydrogens is 386 g/mol. The van der Waals surface area contributed by atoms with Gasteiger partial charge in [-0.25, -0.2) is 14.4 Å². The zero-order valence-corrected chi connectivity index (χ0v) is 14.6. The van der Waals surface area contributed by atoms with Crippen molar-refractivity contribution in [2.75, 3.05) is 17.8 Å². The first-order chi connectivity index (χ1) is 12.5. The molecule has 0 aliphatic rings. The summed E-state index contributed by atoms with van der Waals surface area (Å²) in [5, 5.41) is 14.3. The van der Waals surface area contributed by atoms with Gasteiger partial charge in [0.1, 0.15) is 18.8 Å². The molecule has 0 saturated carbocycles. The van der Waals surface area contributed by atoms with E-state index in [0.717, 1.165) is 0 Å². The summed E-state index contributed by atoms with van der Waals surface area (Å²) in [5.41, 5.74) is 0.180. The summed E-state index contributed by atoms with van der Waals surface area (Å²) in [6.45, 7) is 0.0430. The number of ether oxygens (including phenoxy) is 1. The minimum Gasteiger partial charge on any atom is -0.485 e. The number of halogens is 3. The van der Waals surface area contributed by atoms with Crippen LogP contribution in [0.25, 0.3) is 10.9 Å². The van der Waals surface area contributed by atoms with Gasteiger partial charge in [0.2, 0.25) is 5.75 Å². The highest BCUT2D eigenvalue weighted by Gasteiger charge is 2.22. The smallest absolute Gasteiger partial charge is 0.311 e. The molecule has 0 radical (unpaired) electrons. The fourth-order valence-corrected chi connectivity index (χ4v) is 2.62. The normalized spacial score (nSPS) is 10.7. The largest absolute Gasteiger partial charge is 0.485 e. The number of benzene rings is 2. The number of nitro benzene ring substituents is 1. The van der Waals surface area contributed by atoms with E-state index in [4.69, 9.17) is 27.9 Å². The van der Waals surface area contributed by atoms with E-state index < -0.39 is 10.7 Å². The third kappa shape index (κ3) is 3.47. The van der Waals surface area contributed by atoms with Gasteiger partial charge in [-0.15, -0.1) is 11.6 Å². The lowest BCUT2D eigenvalue weighted by Crippen LogP contribution is -2.05. The Labute approximate surface area is 156 Å². The van der Waals surface area contributed by atoms with E-state index in [9.17, 15) is 14.5 Å². The fraction of sp³-hybridized carbons (Fsp3) is 0.125. The number of nitro groups is 1. The third-order valence-electron chi connectivity index (χ3n) is 3.46. The number of fused-ring (bicyclic) bond motifs is 1. The molecule has 3 rings (SSSR count). The first-order valence-electron chi connectivity index (χ1n) is 7.35. The molecule has 0 aliphatic carbocycles. The van der Waals surface area contributed by atoms with Crippen LogP contribution in [-0.2, 0) is 0 Å². The maximum Gasteiger partial charge on any atom is 0.311 e. The predicted octanol–water partition coefficient (Wildman–Crippen LogP) is 4.69. The summed E-state index contributed by atoms with van der Waals surface area (Å²) in [5.74, 6) is -0.440. The quantitative estimate of drug-likeness (QED) is 0.369. The van der Waals surface area contributed by atoms with Crippen LogP contribution in [0.2, 0.25) is 5.02 Å². The molecule has 7 nitrogen and oxygen atoms in total. The number of aromatic nitrogens is 2. The topological polar surface area (TPSA) is 90.2 Å². The molecule has 1 heterocycles. The van der Waals surface area contributed by atoms with Gasteiger partial charge >= 0.3 is 5.69 Å². The SMILES string of the molecule is O=[N+]([O-])c1ccc2ncnc(Nc3cccc(Cl)c3F)c2c1OCCCl. The monoisotopic (exact) mass is 396 g/mol. The molecule has 2 aromatic carbocycles. The molecule has 0 bridgehead atoms. The van der Waals surface area contributed by atoms with E-state index in [1.807, 2.05) is 0 Å². The standard InChI is InChI=1S/C16H11Cl2FN4O3/c17-6-7-26-15-12(23(24)25)5-4-10-13(15)16(21-8-20-10)22-11-3-1-2-9(18)14(11)19/h1-5,8H,6-7H2,(H,20,21,22). The van der Waals surface area contributed by atoms with Crippen molar-refractivity contribution in [3.05, 3.63) is 57.6 Å². The molecule has 26 heavy (non-hydrogen) atoms. The number of anilines is 2. The van der Waals surface area contributed by atoms with Gasteiger partial charge in [0.05, 0.1) is 32.4 Å². The molecule has 134 valence electrons. The van der Waals surface area contributed by atoms with Crippen LogP contribution in [0.4, 0.5) is 21.6 Å². The fourth-order valence-electron chi connectivity index (χ4n) is 2.36. The van der Waals surface area contributed by atoms with Crippen molar-refractivity contribution in [3.63, 3.8) is 0 Å². The van der Waals surface area contributed by atoms with E-state index >= 15 is 0 Å². The van der Waals surface area contributed by atoms with E-state index in [-0.39, 0.29) is 45.8 Å². The summed E-state index contributed by atoms with van der Waals surface area (Å²) >= 11 is 11.4. The molecule has 0 fully saturated rings. The van der Waals surface area contributed by atoms with Crippen molar-refractivity contribution in [2.45, 2.75) is 0 Å². The molecular formula is C16H11Cl2FN4O3. The minimum absolute atomic E-state index is 0.0429. The van der Waals surface area contributed by atoms with Crippen LogP contribution in [0.3, 0.4) is 0 Å². The number of alkyl halides is 1. The van der Waals surface area contributed by atoms with Crippen LogP contribution >= 0.6 is 23.2 Å². The van der Waals surface area contributed by atoms with Gasteiger partial charge in [-0.1, -0.05) is 17.7 Å². The van der Waals surface area contributed by atoms with Crippen LogP contribution in [0.5, 0.6) is 5.75 Å². The lowest BCUT2D eigenvalue weighted by molar-refractivity contribution is -0.385. The van der Waals surface area contributed by atoms with Gasteiger partial charge in [-0.05, 0) is 18.2 Å². The average Bonchev–Trinajstić information content (AvgIpc) is 2.63. The second-order valence-electron chi connectivity index (χ2n) is 5.05. The zero-order chi connectivity index (χ0) is 18.7.